The van der Waals surface area contributed by atoms with E-state index in [0.29, 0.717) is 12.2 Å². The van der Waals surface area contributed by atoms with Gasteiger partial charge in [-0.1, -0.05) is 63.2 Å². The predicted octanol–water partition coefficient (Wildman–Crippen LogP) is 5.60. The molecule has 3 aromatic rings. The number of Topliss-reactive ketones (excluding diaryl/α,β-unsaturated/α-hetero) is 1. The normalized spacial score (nSPS) is 17.7. The summed E-state index contributed by atoms with van der Waals surface area (Å²) in [4.78, 5) is 28.1. The molecule has 3 aromatic carbocycles. The Bertz CT molecular complexity index is 1330. The fraction of sp³-hybridized carbons (Fsp3) is 0.333. The molecule has 1 saturated heterocycles. The Morgan fingerprint density at radius 3 is 2.44 bits per heavy atom. The van der Waals surface area contributed by atoms with E-state index in [1.165, 1.54) is 4.90 Å². The number of carbonyl (C=O) groups is 2. The second kappa shape index (κ2) is 10.2. The molecule has 1 aliphatic heterocycles. The van der Waals surface area contributed by atoms with E-state index in [-0.39, 0.29) is 29.9 Å². The highest BCUT2D eigenvalue weighted by Crippen LogP contribution is 2.42. The van der Waals surface area contributed by atoms with Crippen molar-refractivity contribution in [3.63, 3.8) is 0 Å². The number of benzene rings is 3. The number of aliphatic hydroxyl groups excluding tert-OH is 1. The van der Waals surface area contributed by atoms with Crippen molar-refractivity contribution in [2.24, 2.45) is 0 Å². The summed E-state index contributed by atoms with van der Waals surface area (Å²) in [5.41, 5.74) is 1.98. The number of carbonyl (C=O) groups excluding carboxylic acids is 2. The zero-order chi connectivity index (χ0) is 26.0. The van der Waals surface area contributed by atoms with Crippen LogP contribution in [-0.4, -0.2) is 48.6 Å². The lowest BCUT2D eigenvalue weighted by Crippen LogP contribution is -2.32. The topological polar surface area (TPSA) is 76.1 Å². The van der Waals surface area contributed by atoms with Crippen molar-refractivity contribution in [1.82, 2.24) is 4.90 Å². The van der Waals surface area contributed by atoms with Crippen molar-refractivity contribution < 1.29 is 24.2 Å². The average Bonchev–Trinajstić information content (AvgIpc) is 3.11. The first-order chi connectivity index (χ1) is 17.2. The van der Waals surface area contributed by atoms with Gasteiger partial charge in [0.1, 0.15) is 11.5 Å². The highest BCUT2D eigenvalue weighted by molar-refractivity contribution is 6.46. The van der Waals surface area contributed by atoms with Crippen LogP contribution in [0, 0.1) is 0 Å². The van der Waals surface area contributed by atoms with Gasteiger partial charge in [0, 0.05) is 24.8 Å². The second-order valence-electron chi connectivity index (χ2n) is 9.95. The summed E-state index contributed by atoms with van der Waals surface area (Å²) in [6, 6.07) is 18.3. The van der Waals surface area contributed by atoms with Crippen LogP contribution in [0.15, 0.2) is 66.2 Å². The molecule has 0 radical (unpaired) electrons. The summed E-state index contributed by atoms with van der Waals surface area (Å²) >= 11 is 0. The molecule has 0 aromatic heterocycles. The van der Waals surface area contributed by atoms with Crippen LogP contribution in [0.1, 0.15) is 50.4 Å². The maximum absolute atomic E-state index is 13.4. The molecule has 1 amide bonds. The molecule has 0 bridgehead atoms. The number of nitrogens with zero attached hydrogens (tertiary/aromatic N) is 1. The van der Waals surface area contributed by atoms with Crippen molar-refractivity contribution in [2.45, 2.75) is 39.2 Å². The first-order valence-electron chi connectivity index (χ1n) is 12.2. The number of likely N-dealkylation sites (tertiary alicyclic amines) is 1. The molecule has 0 spiro atoms. The van der Waals surface area contributed by atoms with Crippen LogP contribution in [0.3, 0.4) is 0 Å². The van der Waals surface area contributed by atoms with Crippen LogP contribution in [0.25, 0.3) is 16.5 Å². The van der Waals surface area contributed by atoms with Crippen LogP contribution < -0.4 is 4.74 Å². The second-order valence-corrected chi connectivity index (χ2v) is 9.95. The number of ether oxygens (including phenoxy) is 2. The zero-order valence-corrected chi connectivity index (χ0v) is 21.5. The third kappa shape index (κ3) is 4.61. The molecule has 0 aliphatic carbocycles. The minimum Gasteiger partial charge on any atom is -0.507 e. The van der Waals surface area contributed by atoms with E-state index in [1.807, 2.05) is 61.5 Å². The lowest BCUT2D eigenvalue weighted by molar-refractivity contribution is -0.140. The Kier molecular flexibility index (Phi) is 7.18. The van der Waals surface area contributed by atoms with E-state index in [1.54, 1.807) is 13.2 Å². The van der Waals surface area contributed by atoms with Crippen LogP contribution in [0.5, 0.6) is 5.75 Å². The highest BCUT2D eigenvalue weighted by Gasteiger charge is 2.46. The number of methoxy groups -OCH3 is 1. The molecule has 0 saturated carbocycles. The van der Waals surface area contributed by atoms with Gasteiger partial charge in [-0.3, -0.25) is 9.59 Å². The van der Waals surface area contributed by atoms with Gasteiger partial charge in [0.05, 0.1) is 24.8 Å². The summed E-state index contributed by atoms with van der Waals surface area (Å²) in [5.74, 6) is -0.811. The van der Waals surface area contributed by atoms with Gasteiger partial charge in [-0.25, -0.2) is 0 Å². The lowest BCUT2D eigenvalue weighted by atomic mass is 9.84. The first kappa shape index (κ1) is 25.5. The molecule has 36 heavy (non-hydrogen) atoms. The van der Waals surface area contributed by atoms with Crippen LogP contribution in [-0.2, 0) is 19.7 Å². The third-order valence-corrected chi connectivity index (χ3v) is 6.56. The fourth-order valence-corrected chi connectivity index (χ4v) is 4.81. The van der Waals surface area contributed by atoms with E-state index >= 15 is 0 Å². The molecule has 1 heterocycles. The molecule has 1 fully saturated rings. The molecule has 6 nitrogen and oxygen atoms in total. The standard InChI is InChI=1S/C30H33NO5/c1-6-36-24-15-14-20(18-23(24)30(2,3)4)27(32)25-26(31(16-17-35-5)29(34)28(25)33)22-13-9-11-19-10-7-8-12-21(19)22/h7-15,18,26,32H,6,16-17H2,1-5H3/b27-25+. The Morgan fingerprint density at radius 2 is 1.75 bits per heavy atom. The van der Waals surface area contributed by atoms with Gasteiger partial charge in [-0.05, 0) is 46.9 Å². The monoisotopic (exact) mass is 487 g/mol. The number of aliphatic hydroxyl groups is 1. The SMILES string of the molecule is CCOc1ccc(/C(O)=C2\C(=O)C(=O)N(CCOC)C2c2cccc3ccccc23)cc1C(C)(C)C. The van der Waals surface area contributed by atoms with Gasteiger partial charge in [-0.2, -0.15) is 0 Å². The first-order valence-corrected chi connectivity index (χ1v) is 12.2. The largest absolute Gasteiger partial charge is 0.507 e. The Balaban J connectivity index is 1.95. The fourth-order valence-electron chi connectivity index (χ4n) is 4.81. The number of fused-ring (bicyclic) bond motifs is 1. The lowest BCUT2D eigenvalue weighted by Gasteiger charge is -2.26. The summed E-state index contributed by atoms with van der Waals surface area (Å²) < 4.78 is 11.1. The van der Waals surface area contributed by atoms with E-state index in [4.69, 9.17) is 9.47 Å². The van der Waals surface area contributed by atoms with Crippen molar-refractivity contribution >= 4 is 28.2 Å². The van der Waals surface area contributed by atoms with Gasteiger partial charge in [0.15, 0.2) is 0 Å². The molecule has 1 atom stereocenters. The third-order valence-electron chi connectivity index (χ3n) is 6.56. The number of ketones is 1. The van der Waals surface area contributed by atoms with Gasteiger partial charge in [0.2, 0.25) is 0 Å². The molecular formula is C30H33NO5. The summed E-state index contributed by atoms with van der Waals surface area (Å²) in [6.45, 7) is 9.12. The molecule has 1 N–H and O–H groups in total. The average molecular weight is 488 g/mol. The van der Waals surface area contributed by atoms with E-state index in [9.17, 15) is 14.7 Å². The number of amides is 1. The zero-order valence-electron chi connectivity index (χ0n) is 21.5. The van der Waals surface area contributed by atoms with Gasteiger partial charge in [0.25, 0.3) is 11.7 Å². The highest BCUT2D eigenvalue weighted by atomic mass is 16.5. The molecule has 1 unspecified atom stereocenters. The number of hydrogen-bond donors (Lipinski definition) is 1. The maximum atomic E-state index is 13.4. The molecule has 4 rings (SSSR count). The van der Waals surface area contributed by atoms with Crippen LogP contribution in [0.2, 0.25) is 0 Å². The predicted molar refractivity (Wildman–Crippen MR) is 141 cm³/mol. The summed E-state index contributed by atoms with van der Waals surface area (Å²) in [5, 5.41) is 13.5. The minimum absolute atomic E-state index is 0.0801. The molecular weight excluding hydrogens is 454 g/mol. The van der Waals surface area contributed by atoms with Crippen LogP contribution in [0.4, 0.5) is 0 Å². The maximum Gasteiger partial charge on any atom is 0.295 e. The quantitative estimate of drug-likeness (QED) is 0.267. The van der Waals surface area contributed by atoms with Crippen LogP contribution >= 0.6 is 0 Å². The number of rotatable bonds is 7. The Labute approximate surface area is 212 Å². The number of hydrogen-bond acceptors (Lipinski definition) is 5. The Hall–Kier alpha value is -3.64. The van der Waals surface area contributed by atoms with Gasteiger partial charge in [-0.15, -0.1) is 0 Å². The van der Waals surface area contributed by atoms with E-state index < -0.39 is 17.7 Å². The van der Waals surface area contributed by atoms with E-state index in [2.05, 4.69) is 20.8 Å². The summed E-state index contributed by atoms with van der Waals surface area (Å²) in [7, 11) is 1.55. The summed E-state index contributed by atoms with van der Waals surface area (Å²) in [6.07, 6.45) is 0. The van der Waals surface area contributed by atoms with Crippen molar-refractivity contribution in [3.05, 3.63) is 82.9 Å². The minimum atomic E-state index is -0.740. The molecule has 188 valence electrons. The van der Waals surface area contributed by atoms with Crippen molar-refractivity contribution in [2.75, 3.05) is 26.9 Å². The smallest absolute Gasteiger partial charge is 0.295 e. The van der Waals surface area contributed by atoms with Crippen molar-refractivity contribution in [3.8, 4) is 5.75 Å². The molecule has 6 heteroatoms. The van der Waals surface area contributed by atoms with Gasteiger partial charge >= 0.3 is 0 Å². The Morgan fingerprint density at radius 1 is 1.03 bits per heavy atom. The molecule has 1 aliphatic rings. The van der Waals surface area contributed by atoms with Crippen molar-refractivity contribution in [1.29, 1.82) is 0 Å². The van der Waals surface area contributed by atoms with E-state index in [0.717, 1.165) is 27.6 Å². The van der Waals surface area contributed by atoms with Gasteiger partial charge < -0.3 is 19.5 Å².